The minimum Gasteiger partial charge on any atom is -0.207 e. The van der Waals surface area contributed by atoms with Gasteiger partial charge in [-0.2, -0.15) is 0 Å². The van der Waals surface area contributed by atoms with E-state index < -0.39 is 0 Å². The summed E-state index contributed by atoms with van der Waals surface area (Å²) in [6.07, 6.45) is 2.83. The lowest BCUT2D eigenvalue weighted by atomic mass is 9.81. The van der Waals surface area contributed by atoms with Crippen LogP contribution in [0.1, 0.15) is 31.7 Å². The number of rotatable bonds is 1. The van der Waals surface area contributed by atoms with Crippen molar-refractivity contribution in [3.8, 4) is 0 Å². The molecule has 2 atom stereocenters. The second-order valence-corrected chi connectivity index (χ2v) is 5.55. The summed E-state index contributed by atoms with van der Waals surface area (Å²) in [6.45, 7) is 2.11. The molecular weight excluding hydrogens is 234 g/mol. The zero-order valence-electron chi connectivity index (χ0n) is 8.56. The van der Waals surface area contributed by atoms with Crippen molar-refractivity contribution in [2.24, 2.45) is 0 Å². The maximum Gasteiger partial charge on any atom is 0.123 e. The molecule has 1 aromatic rings. The topological polar surface area (TPSA) is 0 Å². The fourth-order valence-corrected chi connectivity index (χ4v) is 3.17. The van der Waals surface area contributed by atoms with Gasteiger partial charge in [-0.1, -0.05) is 18.5 Å². The lowest BCUT2D eigenvalue weighted by molar-refractivity contribution is 0.487. The average Bonchev–Trinajstić information content (AvgIpc) is 2.52. The highest BCUT2D eigenvalue weighted by Gasteiger charge is 2.37. The van der Waals surface area contributed by atoms with Crippen LogP contribution in [0.3, 0.4) is 0 Å². The van der Waals surface area contributed by atoms with Crippen molar-refractivity contribution in [3.05, 3.63) is 34.6 Å². The van der Waals surface area contributed by atoms with Gasteiger partial charge in [0, 0.05) is 10.4 Å². The molecule has 0 amide bonds. The first-order valence-electron chi connectivity index (χ1n) is 5.11. The Bertz CT molecular complexity index is 378. The maximum absolute atomic E-state index is 13.2. The molecule has 0 aromatic heterocycles. The molecule has 2 rings (SSSR count). The predicted molar refractivity (Wildman–Crippen MR) is 62.3 cm³/mol. The Balaban J connectivity index is 2.40. The fourth-order valence-electron chi connectivity index (χ4n) is 2.37. The Hall–Kier alpha value is -0.270. The van der Waals surface area contributed by atoms with E-state index in [1.165, 1.54) is 12.1 Å². The molecule has 1 aliphatic rings. The summed E-state index contributed by atoms with van der Waals surface area (Å²) >= 11 is 12.2. The molecule has 1 aliphatic carbocycles. The number of halogens is 3. The van der Waals surface area contributed by atoms with Crippen molar-refractivity contribution in [3.63, 3.8) is 0 Å². The van der Waals surface area contributed by atoms with Gasteiger partial charge in [0.2, 0.25) is 0 Å². The van der Waals surface area contributed by atoms with Crippen LogP contribution in [-0.4, -0.2) is 5.38 Å². The highest BCUT2D eigenvalue weighted by molar-refractivity contribution is 6.31. The molecule has 0 saturated heterocycles. The molecule has 3 heteroatoms. The van der Waals surface area contributed by atoms with Crippen molar-refractivity contribution in [1.29, 1.82) is 0 Å². The second kappa shape index (κ2) is 3.95. The Morgan fingerprint density at radius 1 is 1.47 bits per heavy atom. The van der Waals surface area contributed by atoms with E-state index in [1.54, 1.807) is 6.07 Å². The number of benzene rings is 1. The Morgan fingerprint density at radius 2 is 2.20 bits per heavy atom. The monoisotopic (exact) mass is 246 g/mol. The molecule has 0 spiro atoms. The van der Waals surface area contributed by atoms with Crippen LogP contribution in [0.2, 0.25) is 5.02 Å². The van der Waals surface area contributed by atoms with Crippen LogP contribution in [0.5, 0.6) is 0 Å². The van der Waals surface area contributed by atoms with Gasteiger partial charge < -0.3 is 0 Å². The van der Waals surface area contributed by atoms with Gasteiger partial charge in [-0.3, -0.25) is 0 Å². The largest absolute Gasteiger partial charge is 0.207 e. The second-order valence-electron chi connectivity index (χ2n) is 4.52. The zero-order valence-corrected chi connectivity index (χ0v) is 10.1. The standard InChI is InChI=1S/C12H13Cl2F/c1-12(5-4-8(13)7-12)10-6-9(15)2-3-11(10)14/h2-3,6,8H,4-5,7H2,1H3. The quantitative estimate of drug-likeness (QED) is 0.639. The maximum atomic E-state index is 13.2. The first-order valence-corrected chi connectivity index (χ1v) is 5.92. The van der Waals surface area contributed by atoms with Gasteiger partial charge >= 0.3 is 0 Å². The number of hydrogen-bond donors (Lipinski definition) is 0. The van der Waals surface area contributed by atoms with Gasteiger partial charge in [-0.15, -0.1) is 11.6 Å². The van der Waals surface area contributed by atoms with Crippen molar-refractivity contribution in [2.45, 2.75) is 37.0 Å². The zero-order chi connectivity index (χ0) is 11.1. The van der Waals surface area contributed by atoms with Crippen molar-refractivity contribution >= 4 is 23.2 Å². The van der Waals surface area contributed by atoms with Crippen LogP contribution >= 0.6 is 23.2 Å². The third-order valence-electron chi connectivity index (χ3n) is 3.26. The Kier molecular flexibility index (Phi) is 2.96. The molecule has 2 unspecified atom stereocenters. The average molecular weight is 247 g/mol. The predicted octanol–water partition coefficient (Wildman–Crippen LogP) is 4.53. The normalized spacial score (nSPS) is 30.8. The van der Waals surface area contributed by atoms with Gasteiger partial charge in [-0.05, 0) is 48.4 Å². The van der Waals surface area contributed by atoms with Crippen LogP contribution in [0.4, 0.5) is 4.39 Å². The number of hydrogen-bond acceptors (Lipinski definition) is 0. The Morgan fingerprint density at radius 3 is 2.80 bits per heavy atom. The molecule has 82 valence electrons. The van der Waals surface area contributed by atoms with Crippen molar-refractivity contribution in [2.75, 3.05) is 0 Å². The molecular formula is C12H13Cl2F. The molecule has 1 saturated carbocycles. The van der Waals surface area contributed by atoms with Gasteiger partial charge in [0.05, 0.1) is 0 Å². The third kappa shape index (κ3) is 2.14. The fraction of sp³-hybridized carbons (Fsp3) is 0.500. The molecule has 15 heavy (non-hydrogen) atoms. The first-order chi connectivity index (χ1) is 7.01. The number of alkyl halides is 1. The summed E-state index contributed by atoms with van der Waals surface area (Å²) in [5.41, 5.74) is 0.832. The lowest BCUT2D eigenvalue weighted by Crippen LogP contribution is -2.18. The van der Waals surface area contributed by atoms with E-state index in [9.17, 15) is 4.39 Å². The highest BCUT2D eigenvalue weighted by atomic mass is 35.5. The third-order valence-corrected chi connectivity index (χ3v) is 3.96. The van der Waals surface area contributed by atoms with Crippen molar-refractivity contribution < 1.29 is 4.39 Å². The van der Waals surface area contributed by atoms with E-state index in [-0.39, 0.29) is 16.6 Å². The van der Waals surface area contributed by atoms with E-state index in [2.05, 4.69) is 6.92 Å². The summed E-state index contributed by atoms with van der Waals surface area (Å²) in [4.78, 5) is 0. The molecule has 1 aromatic carbocycles. The summed E-state index contributed by atoms with van der Waals surface area (Å²) in [5.74, 6) is -0.228. The molecule has 1 fully saturated rings. The van der Waals surface area contributed by atoms with Crippen LogP contribution < -0.4 is 0 Å². The van der Waals surface area contributed by atoms with E-state index in [0.717, 1.165) is 24.8 Å². The van der Waals surface area contributed by atoms with E-state index in [1.807, 2.05) is 0 Å². The van der Waals surface area contributed by atoms with Gasteiger partial charge in [0.25, 0.3) is 0 Å². The summed E-state index contributed by atoms with van der Waals surface area (Å²) in [7, 11) is 0. The molecule has 0 heterocycles. The van der Waals surface area contributed by atoms with Gasteiger partial charge in [0.15, 0.2) is 0 Å². The first kappa shape index (κ1) is 11.2. The molecule has 0 radical (unpaired) electrons. The van der Waals surface area contributed by atoms with E-state index in [0.29, 0.717) is 5.02 Å². The Labute approximate surface area is 99.4 Å². The van der Waals surface area contributed by atoms with E-state index in [4.69, 9.17) is 23.2 Å². The van der Waals surface area contributed by atoms with Crippen LogP contribution in [0, 0.1) is 5.82 Å². The molecule has 0 aliphatic heterocycles. The van der Waals surface area contributed by atoms with Crippen molar-refractivity contribution in [1.82, 2.24) is 0 Å². The van der Waals surface area contributed by atoms with Crippen LogP contribution in [-0.2, 0) is 5.41 Å². The van der Waals surface area contributed by atoms with Crippen LogP contribution in [0.15, 0.2) is 18.2 Å². The van der Waals surface area contributed by atoms with Crippen LogP contribution in [0.25, 0.3) is 0 Å². The van der Waals surface area contributed by atoms with Gasteiger partial charge in [-0.25, -0.2) is 4.39 Å². The molecule has 0 bridgehead atoms. The summed E-state index contributed by atoms with van der Waals surface area (Å²) in [5, 5.41) is 0.832. The molecule has 0 nitrogen and oxygen atoms in total. The lowest BCUT2D eigenvalue weighted by Gasteiger charge is -2.25. The minimum absolute atomic E-state index is 0.0639. The molecule has 0 N–H and O–H groups in total. The SMILES string of the molecule is CC1(c2cc(F)ccc2Cl)CCC(Cl)C1. The smallest absolute Gasteiger partial charge is 0.123 e. The minimum atomic E-state index is -0.228. The highest BCUT2D eigenvalue weighted by Crippen LogP contribution is 2.45. The van der Waals surface area contributed by atoms with E-state index >= 15 is 0 Å². The van der Waals surface area contributed by atoms with Gasteiger partial charge in [0.1, 0.15) is 5.82 Å². The summed E-state index contributed by atoms with van der Waals surface area (Å²) < 4.78 is 13.2. The summed E-state index contributed by atoms with van der Waals surface area (Å²) in [6, 6.07) is 4.55.